The van der Waals surface area contributed by atoms with Gasteiger partial charge in [-0.15, -0.1) is 11.3 Å². The van der Waals surface area contributed by atoms with Crippen LogP contribution in [0.2, 0.25) is 0 Å². The fourth-order valence-corrected chi connectivity index (χ4v) is 3.41. The second-order valence-corrected chi connectivity index (χ2v) is 6.40. The minimum atomic E-state index is 0.257. The Balaban J connectivity index is 2.02. The predicted octanol–water partition coefficient (Wildman–Crippen LogP) is 3.91. The van der Waals surface area contributed by atoms with Crippen molar-refractivity contribution in [2.24, 2.45) is 0 Å². The lowest BCUT2D eigenvalue weighted by Gasteiger charge is -2.21. The summed E-state index contributed by atoms with van der Waals surface area (Å²) in [5.41, 5.74) is 5.23. The van der Waals surface area contributed by atoms with Gasteiger partial charge in [-0.05, 0) is 50.3 Å². The molecule has 1 unspecified atom stereocenters. The van der Waals surface area contributed by atoms with E-state index in [1.165, 1.54) is 34.5 Å². The topological polar surface area (TPSA) is 24.9 Å². The van der Waals surface area contributed by atoms with Crippen LogP contribution in [0.4, 0.5) is 0 Å². The molecule has 1 aromatic carbocycles. The first-order valence-electron chi connectivity index (χ1n) is 6.89. The molecule has 0 radical (unpaired) electrons. The quantitative estimate of drug-likeness (QED) is 0.912. The van der Waals surface area contributed by atoms with Crippen LogP contribution in [0.25, 0.3) is 0 Å². The molecule has 0 bridgehead atoms. The largest absolute Gasteiger partial charge is 0.301 e. The molecule has 1 aliphatic rings. The maximum atomic E-state index is 4.71. The van der Waals surface area contributed by atoms with Crippen LogP contribution < -0.4 is 5.32 Å². The van der Waals surface area contributed by atoms with E-state index in [1.54, 1.807) is 11.3 Å². The van der Waals surface area contributed by atoms with E-state index in [1.807, 2.05) is 0 Å². The first-order valence-corrected chi connectivity index (χ1v) is 7.77. The van der Waals surface area contributed by atoms with E-state index < -0.39 is 0 Å². The second kappa shape index (κ2) is 5.06. The number of thiazole rings is 1. The number of aromatic nitrogens is 1. The van der Waals surface area contributed by atoms with Crippen LogP contribution in [-0.2, 0) is 0 Å². The van der Waals surface area contributed by atoms with Crippen molar-refractivity contribution < 1.29 is 0 Å². The van der Waals surface area contributed by atoms with E-state index in [-0.39, 0.29) is 6.04 Å². The van der Waals surface area contributed by atoms with Gasteiger partial charge >= 0.3 is 0 Å². The predicted molar refractivity (Wildman–Crippen MR) is 80.8 cm³/mol. The minimum absolute atomic E-state index is 0.257. The van der Waals surface area contributed by atoms with E-state index in [9.17, 15) is 0 Å². The Morgan fingerprint density at radius 3 is 2.42 bits per heavy atom. The van der Waals surface area contributed by atoms with E-state index in [4.69, 9.17) is 4.98 Å². The summed E-state index contributed by atoms with van der Waals surface area (Å²) in [4.78, 5) is 4.71. The van der Waals surface area contributed by atoms with E-state index in [0.717, 1.165) is 5.69 Å². The first kappa shape index (κ1) is 12.8. The number of nitrogens with zero attached hydrogens (tertiary/aromatic N) is 1. The molecule has 1 heterocycles. The van der Waals surface area contributed by atoms with Crippen molar-refractivity contribution in [2.75, 3.05) is 0 Å². The molecule has 2 nitrogen and oxygen atoms in total. The van der Waals surface area contributed by atoms with Crippen molar-refractivity contribution in [1.29, 1.82) is 0 Å². The van der Waals surface area contributed by atoms with Gasteiger partial charge in [0.2, 0.25) is 0 Å². The Kier molecular flexibility index (Phi) is 3.42. The van der Waals surface area contributed by atoms with Crippen LogP contribution in [-0.4, -0.2) is 11.0 Å². The van der Waals surface area contributed by atoms with Gasteiger partial charge < -0.3 is 5.32 Å². The van der Waals surface area contributed by atoms with Gasteiger partial charge in [-0.1, -0.05) is 18.2 Å². The molecule has 1 atom stereocenters. The van der Waals surface area contributed by atoms with Gasteiger partial charge in [-0.25, -0.2) is 4.98 Å². The molecule has 1 N–H and O–H groups in total. The molecule has 1 fully saturated rings. The van der Waals surface area contributed by atoms with Crippen LogP contribution >= 0.6 is 11.3 Å². The molecule has 0 spiro atoms. The van der Waals surface area contributed by atoms with E-state index in [2.05, 4.69) is 49.7 Å². The smallest absolute Gasteiger partial charge is 0.114 e. The highest BCUT2D eigenvalue weighted by Gasteiger charge is 2.29. The fourth-order valence-electron chi connectivity index (χ4n) is 2.55. The third kappa shape index (κ3) is 2.72. The van der Waals surface area contributed by atoms with Gasteiger partial charge in [-0.3, -0.25) is 0 Å². The minimum Gasteiger partial charge on any atom is -0.301 e. The monoisotopic (exact) mass is 272 g/mol. The number of hydrogen-bond acceptors (Lipinski definition) is 3. The maximum absolute atomic E-state index is 4.71. The SMILES string of the molecule is Cc1csc(C(NC2CC2)c2c(C)cccc2C)n1. The van der Waals surface area contributed by atoms with Crippen molar-refractivity contribution in [3.63, 3.8) is 0 Å². The summed E-state index contributed by atoms with van der Waals surface area (Å²) in [5, 5.41) is 7.11. The highest BCUT2D eigenvalue weighted by atomic mass is 32.1. The van der Waals surface area contributed by atoms with Crippen molar-refractivity contribution in [1.82, 2.24) is 10.3 Å². The normalized spacial score (nSPS) is 16.6. The standard InChI is InChI=1S/C16H20N2S/c1-10-5-4-6-11(2)14(10)15(18-13-7-8-13)16-17-12(3)9-19-16/h4-6,9,13,15,18H,7-8H2,1-3H3. The Bertz CT molecular complexity index is 564. The number of nitrogens with one attached hydrogen (secondary N) is 1. The molecule has 1 aromatic heterocycles. The molecular formula is C16H20N2S. The van der Waals surface area contributed by atoms with Crippen molar-refractivity contribution in [3.05, 3.63) is 51.0 Å². The van der Waals surface area contributed by atoms with Crippen LogP contribution in [0.1, 0.15) is 46.3 Å². The van der Waals surface area contributed by atoms with Gasteiger partial charge in [0.15, 0.2) is 0 Å². The number of hydrogen-bond donors (Lipinski definition) is 1. The van der Waals surface area contributed by atoms with Crippen molar-refractivity contribution in [3.8, 4) is 0 Å². The van der Waals surface area contributed by atoms with Crippen molar-refractivity contribution >= 4 is 11.3 Å². The molecule has 3 heteroatoms. The number of aryl methyl sites for hydroxylation is 3. The molecule has 2 aromatic rings. The summed E-state index contributed by atoms with van der Waals surface area (Å²) in [6, 6.07) is 7.46. The van der Waals surface area contributed by atoms with E-state index >= 15 is 0 Å². The molecule has 1 aliphatic carbocycles. The lowest BCUT2D eigenvalue weighted by molar-refractivity contribution is 0.592. The Labute approximate surface area is 118 Å². The highest BCUT2D eigenvalue weighted by molar-refractivity contribution is 7.09. The van der Waals surface area contributed by atoms with E-state index in [0.29, 0.717) is 6.04 Å². The van der Waals surface area contributed by atoms with Gasteiger partial charge in [0.05, 0.1) is 6.04 Å². The molecule has 1 saturated carbocycles. The zero-order valence-corrected chi connectivity index (χ0v) is 12.6. The average Bonchev–Trinajstić information content (AvgIpc) is 3.08. The second-order valence-electron chi connectivity index (χ2n) is 5.51. The van der Waals surface area contributed by atoms with Crippen molar-refractivity contribution in [2.45, 2.75) is 45.7 Å². The van der Waals surface area contributed by atoms with Gasteiger partial charge in [0.1, 0.15) is 5.01 Å². The summed E-state index contributed by atoms with van der Waals surface area (Å²) < 4.78 is 0. The van der Waals surface area contributed by atoms with Crippen LogP contribution in [0.5, 0.6) is 0 Å². The summed E-state index contributed by atoms with van der Waals surface area (Å²) in [6.45, 7) is 6.47. The Morgan fingerprint density at radius 2 is 1.89 bits per heavy atom. The maximum Gasteiger partial charge on any atom is 0.114 e. The van der Waals surface area contributed by atoms with Gasteiger partial charge in [0, 0.05) is 17.1 Å². The van der Waals surface area contributed by atoms with Crippen LogP contribution in [0, 0.1) is 20.8 Å². The summed E-state index contributed by atoms with van der Waals surface area (Å²) in [7, 11) is 0. The zero-order chi connectivity index (χ0) is 13.4. The molecule has 100 valence electrons. The Morgan fingerprint density at radius 1 is 1.21 bits per heavy atom. The lowest BCUT2D eigenvalue weighted by atomic mass is 9.96. The molecule has 0 saturated heterocycles. The third-order valence-electron chi connectivity index (χ3n) is 3.69. The van der Waals surface area contributed by atoms with Gasteiger partial charge in [0.25, 0.3) is 0 Å². The molecule has 3 rings (SSSR count). The highest BCUT2D eigenvalue weighted by Crippen LogP contribution is 2.33. The molecule has 0 amide bonds. The average molecular weight is 272 g/mol. The summed E-state index contributed by atoms with van der Waals surface area (Å²) >= 11 is 1.77. The molecule has 19 heavy (non-hydrogen) atoms. The number of rotatable bonds is 4. The number of benzene rings is 1. The third-order valence-corrected chi connectivity index (χ3v) is 4.72. The summed E-state index contributed by atoms with van der Waals surface area (Å²) in [6.07, 6.45) is 2.59. The Hall–Kier alpha value is -1.19. The zero-order valence-electron chi connectivity index (χ0n) is 11.7. The molecular weight excluding hydrogens is 252 g/mol. The van der Waals surface area contributed by atoms with Crippen LogP contribution in [0.15, 0.2) is 23.6 Å². The summed E-state index contributed by atoms with van der Waals surface area (Å²) in [5.74, 6) is 0. The molecule has 0 aliphatic heterocycles. The lowest BCUT2D eigenvalue weighted by Crippen LogP contribution is -2.25. The fraction of sp³-hybridized carbons (Fsp3) is 0.438. The van der Waals surface area contributed by atoms with Crippen LogP contribution in [0.3, 0.4) is 0 Å². The first-order chi connectivity index (χ1) is 9.15. The van der Waals surface area contributed by atoms with Gasteiger partial charge in [-0.2, -0.15) is 0 Å².